The van der Waals surface area contributed by atoms with Gasteiger partial charge in [0.2, 0.25) is 5.91 Å². The molecule has 1 fully saturated rings. The van der Waals surface area contributed by atoms with E-state index in [0.29, 0.717) is 30.9 Å². The predicted octanol–water partition coefficient (Wildman–Crippen LogP) is 1.18. The second kappa shape index (κ2) is 5.73. The number of amides is 2. The van der Waals surface area contributed by atoms with Crippen molar-refractivity contribution in [3.8, 4) is 5.75 Å². The van der Waals surface area contributed by atoms with E-state index >= 15 is 0 Å². The van der Waals surface area contributed by atoms with Crippen molar-refractivity contribution in [2.75, 3.05) is 13.2 Å². The summed E-state index contributed by atoms with van der Waals surface area (Å²) in [5.74, 6) is -0.0878. The maximum absolute atomic E-state index is 12.5. The molecule has 2 rings (SSSR count). The number of hydrogen-bond donors (Lipinski definition) is 1. The maximum atomic E-state index is 12.5. The third kappa shape index (κ3) is 2.70. The first-order valence-corrected chi connectivity index (χ1v) is 6.47. The Hall–Kier alpha value is -2.04. The van der Waals surface area contributed by atoms with Crippen LogP contribution in [-0.4, -0.2) is 35.9 Å². The summed E-state index contributed by atoms with van der Waals surface area (Å²) in [5.41, 5.74) is 5.82. The first-order valence-electron chi connectivity index (χ1n) is 6.47. The second-order valence-electron chi connectivity index (χ2n) is 4.49. The molecular formula is C14H18N2O3. The lowest BCUT2D eigenvalue weighted by atomic mass is 10.1. The molecule has 0 radical (unpaired) electrons. The minimum Gasteiger partial charge on any atom is -0.493 e. The van der Waals surface area contributed by atoms with Crippen LogP contribution in [0, 0.1) is 0 Å². The normalized spacial score (nSPS) is 18.4. The van der Waals surface area contributed by atoms with Gasteiger partial charge in [-0.15, -0.1) is 0 Å². The van der Waals surface area contributed by atoms with E-state index in [2.05, 4.69) is 0 Å². The van der Waals surface area contributed by atoms with Crippen molar-refractivity contribution in [3.63, 3.8) is 0 Å². The monoisotopic (exact) mass is 262 g/mol. The van der Waals surface area contributed by atoms with E-state index in [-0.39, 0.29) is 5.91 Å². The average Bonchev–Trinajstić information content (AvgIpc) is 2.88. The molecule has 1 aliphatic heterocycles. The van der Waals surface area contributed by atoms with E-state index < -0.39 is 11.9 Å². The Morgan fingerprint density at radius 2 is 2.16 bits per heavy atom. The van der Waals surface area contributed by atoms with Gasteiger partial charge in [0.05, 0.1) is 12.2 Å². The first-order chi connectivity index (χ1) is 9.15. The largest absolute Gasteiger partial charge is 0.493 e. The number of ether oxygens (including phenoxy) is 1. The van der Waals surface area contributed by atoms with Crippen LogP contribution in [0.3, 0.4) is 0 Å². The van der Waals surface area contributed by atoms with E-state index in [1.165, 1.54) is 0 Å². The van der Waals surface area contributed by atoms with Crippen molar-refractivity contribution in [2.45, 2.75) is 25.8 Å². The summed E-state index contributed by atoms with van der Waals surface area (Å²) in [7, 11) is 0. The number of nitrogens with two attached hydrogens (primary N) is 1. The number of carbonyl (C=O) groups excluding carboxylic acids is 2. The number of rotatable bonds is 4. The average molecular weight is 262 g/mol. The molecular weight excluding hydrogens is 244 g/mol. The molecule has 0 aliphatic carbocycles. The molecule has 1 saturated heterocycles. The Bertz CT molecular complexity index is 487. The summed E-state index contributed by atoms with van der Waals surface area (Å²) < 4.78 is 5.45. The van der Waals surface area contributed by atoms with Gasteiger partial charge in [-0.3, -0.25) is 9.59 Å². The summed E-state index contributed by atoms with van der Waals surface area (Å²) in [6.45, 7) is 2.92. The minimum absolute atomic E-state index is 0.189. The highest BCUT2D eigenvalue weighted by molar-refractivity contribution is 5.99. The van der Waals surface area contributed by atoms with Crippen LogP contribution in [-0.2, 0) is 4.79 Å². The number of benzene rings is 1. The SMILES string of the molecule is CCOc1ccccc1C(=O)N1CCCC1C(N)=O. The highest BCUT2D eigenvalue weighted by Crippen LogP contribution is 2.25. The topological polar surface area (TPSA) is 72.6 Å². The molecule has 1 unspecified atom stereocenters. The lowest BCUT2D eigenvalue weighted by Gasteiger charge is -2.23. The van der Waals surface area contributed by atoms with Crippen LogP contribution in [0.4, 0.5) is 0 Å². The maximum Gasteiger partial charge on any atom is 0.258 e. The van der Waals surface area contributed by atoms with Crippen LogP contribution >= 0.6 is 0 Å². The standard InChI is InChI=1S/C14H18N2O3/c1-2-19-12-8-4-3-6-10(12)14(18)16-9-5-7-11(16)13(15)17/h3-4,6,8,11H,2,5,7,9H2,1H3,(H2,15,17). The van der Waals surface area contributed by atoms with Gasteiger partial charge in [-0.1, -0.05) is 12.1 Å². The molecule has 0 bridgehead atoms. The number of carbonyl (C=O) groups is 2. The minimum atomic E-state index is -0.498. The van der Waals surface area contributed by atoms with Crippen molar-refractivity contribution < 1.29 is 14.3 Å². The Balaban J connectivity index is 2.26. The number of nitrogens with zero attached hydrogens (tertiary/aromatic N) is 1. The van der Waals surface area contributed by atoms with E-state index in [0.717, 1.165) is 6.42 Å². The van der Waals surface area contributed by atoms with E-state index in [9.17, 15) is 9.59 Å². The van der Waals surface area contributed by atoms with Gasteiger partial charge in [-0.05, 0) is 31.9 Å². The molecule has 0 aromatic heterocycles. The fourth-order valence-electron chi connectivity index (χ4n) is 2.38. The summed E-state index contributed by atoms with van der Waals surface area (Å²) in [6.07, 6.45) is 1.44. The molecule has 2 N–H and O–H groups in total. The quantitative estimate of drug-likeness (QED) is 0.885. The molecule has 102 valence electrons. The van der Waals surface area contributed by atoms with Gasteiger partial charge in [-0.2, -0.15) is 0 Å². The zero-order valence-electron chi connectivity index (χ0n) is 11.0. The van der Waals surface area contributed by atoms with Gasteiger partial charge in [-0.25, -0.2) is 0 Å². The number of hydrogen-bond acceptors (Lipinski definition) is 3. The molecule has 1 atom stereocenters. The molecule has 2 amide bonds. The number of likely N-dealkylation sites (tertiary alicyclic amines) is 1. The third-order valence-corrected chi connectivity index (χ3v) is 3.26. The van der Waals surface area contributed by atoms with Gasteiger partial charge in [0.15, 0.2) is 0 Å². The van der Waals surface area contributed by atoms with Crippen LogP contribution in [0.1, 0.15) is 30.1 Å². The van der Waals surface area contributed by atoms with E-state index in [1.807, 2.05) is 13.0 Å². The van der Waals surface area contributed by atoms with Gasteiger partial charge in [0.25, 0.3) is 5.91 Å². The van der Waals surface area contributed by atoms with Crippen molar-refractivity contribution in [1.29, 1.82) is 0 Å². The molecule has 19 heavy (non-hydrogen) atoms. The molecule has 0 spiro atoms. The lowest BCUT2D eigenvalue weighted by Crippen LogP contribution is -2.43. The molecule has 1 aromatic carbocycles. The molecule has 1 heterocycles. The summed E-state index contributed by atoms with van der Waals surface area (Å²) in [4.78, 5) is 25.4. The molecule has 0 saturated carbocycles. The highest BCUT2D eigenvalue weighted by atomic mass is 16.5. The van der Waals surface area contributed by atoms with Crippen molar-refractivity contribution in [3.05, 3.63) is 29.8 Å². The van der Waals surface area contributed by atoms with E-state index in [1.54, 1.807) is 23.1 Å². The zero-order chi connectivity index (χ0) is 13.8. The van der Waals surface area contributed by atoms with Crippen LogP contribution < -0.4 is 10.5 Å². The molecule has 5 nitrogen and oxygen atoms in total. The third-order valence-electron chi connectivity index (χ3n) is 3.26. The summed E-state index contributed by atoms with van der Waals surface area (Å²) in [6, 6.07) is 6.57. The second-order valence-corrected chi connectivity index (χ2v) is 4.49. The Morgan fingerprint density at radius 1 is 1.42 bits per heavy atom. The van der Waals surface area contributed by atoms with Gasteiger partial charge in [0, 0.05) is 6.54 Å². The molecule has 1 aromatic rings. The Morgan fingerprint density at radius 3 is 2.84 bits per heavy atom. The first kappa shape index (κ1) is 13.4. The van der Waals surface area contributed by atoms with Gasteiger partial charge >= 0.3 is 0 Å². The summed E-state index contributed by atoms with van der Waals surface area (Å²) >= 11 is 0. The van der Waals surface area contributed by atoms with Gasteiger partial charge < -0.3 is 15.4 Å². The lowest BCUT2D eigenvalue weighted by molar-refractivity contribution is -0.121. The fraction of sp³-hybridized carbons (Fsp3) is 0.429. The highest BCUT2D eigenvalue weighted by Gasteiger charge is 2.34. The van der Waals surface area contributed by atoms with Crippen molar-refractivity contribution in [2.24, 2.45) is 5.73 Å². The summed E-state index contributed by atoms with van der Waals surface area (Å²) in [5, 5.41) is 0. The van der Waals surface area contributed by atoms with Crippen LogP contribution in [0.25, 0.3) is 0 Å². The van der Waals surface area contributed by atoms with Gasteiger partial charge in [0.1, 0.15) is 11.8 Å². The predicted molar refractivity (Wildman–Crippen MR) is 70.9 cm³/mol. The number of para-hydroxylation sites is 1. The van der Waals surface area contributed by atoms with Crippen LogP contribution in [0.2, 0.25) is 0 Å². The Labute approximate surface area is 112 Å². The molecule has 5 heteroatoms. The smallest absolute Gasteiger partial charge is 0.258 e. The van der Waals surface area contributed by atoms with E-state index in [4.69, 9.17) is 10.5 Å². The van der Waals surface area contributed by atoms with Crippen molar-refractivity contribution in [1.82, 2.24) is 4.90 Å². The fourth-order valence-corrected chi connectivity index (χ4v) is 2.38. The molecule has 1 aliphatic rings. The Kier molecular flexibility index (Phi) is 4.04. The zero-order valence-corrected chi connectivity index (χ0v) is 11.0. The number of primary amides is 1. The van der Waals surface area contributed by atoms with Crippen LogP contribution in [0.15, 0.2) is 24.3 Å². The van der Waals surface area contributed by atoms with Crippen molar-refractivity contribution >= 4 is 11.8 Å². The van der Waals surface area contributed by atoms with Crippen LogP contribution in [0.5, 0.6) is 5.75 Å².